The zero-order valence-electron chi connectivity index (χ0n) is 20.6. The fraction of sp³-hybridized carbons (Fsp3) is 0.233. The molecule has 37 heavy (non-hydrogen) atoms. The van der Waals surface area contributed by atoms with Crippen molar-refractivity contribution in [2.24, 2.45) is 0 Å². The molecule has 3 aromatic carbocycles. The van der Waals surface area contributed by atoms with Crippen LogP contribution in [0.15, 0.2) is 75.9 Å². The molecule has 4 aromatic rings. The van der Waals surface area contributed by atoms with Gasteiger partial charge in [-0.25, -0.2) is 0 Å². The Balaban J connectivity index is 1.62. The maximum absolute atomic E-state index is 13.7. The van der Waals surface area contributed by atoms with Crippen molar-refractivity contribution < 1.29 is 18.7 Å². The summed E-state index contributed by atoms with van der Waals surface area (Å²) in [5, 5.41) is 0.718. The second kappa shape index (κ2) is 10.2. The molecule has 1 aliphatic heterocycles. The van der Waals surface area contributed by atoms with E-state index in [0.717, 1.165) is 30.6 Å². The number of amides is 1. The second-order valence-electron chi connectivity index (χ2n) is 9.12. The molecular weight excluding hydrogens is 490 g/mol. The number of ether oxygens (including phenoxy) is 1. The number of anilines is 1. The van der Waals surface area contributed by atoms with Crippen LogP contribution < -0.4 is 15.1 Å². The minimum absolute atomic E-state index is 0.000332. The van der Waals surface area contributed by atoms with Crippen LogP contribution in [0.2, 0.25) is 5.02 Å². The fourth-order valence-corrected chi connectivity index (χ4v) is 4.84. The van der Waals surface area contributed by atoms with Crippen LogP contribution in [0.4, 0.5) is 5.69 Å². The summed E-state index contributed by atoms with van der Waals surface area (Å²) in [5.41, 5.74) is 2.06. The van der Waals surface area contributed by atoms with E-state index in [2.05, 4.69) is 6.92 Å². The molecule has 0 saturated heterocycles. The van der Waals surface area contributed by atoms with E-state index in [4.69, 9.17) is 20.8 Å². The number of halogens is 1. The molecule has 0 bridgehead atoms. The molecular formula is C30H26ClNO5. The summed E-state index contributed by atoms with van der Waals surface area (Å²) in [7, 11) is 0. The van der Waals surface area contributed by atoms with Crippen LogP contribution >= 0.6 is 11.6 Å². The topological polar surface area (TPSA) is 76.8 Å². The van der Waals surface area contributed by atoms with Gasteiger partial charge in [0.05, 0.1) is 23.6 Å². The SMILES string of the molecule is CCCCCOc1ccc(C2c3c(oc4ccc(Cl)cc4c3=O)C(=O)N2c2ccc(C(C)=O)cc2)cc1. The summed E-state index contributed by atoms with van der Waals surface area (Å²) in [6.45, 7) is 4.26. The van der Waals surface area contributed by atoms with E-state index in [9.17, 15) is 14.4 Å². The molecule has 5 rings (SSSR count). The van der Waals surface area contributed by atoms with E-state index in [0.29, 0.717) is 33.8 Å². The number of carbonyl (C=O) groups excluding carboxylic acids is 2. The van der Waals surface area contributed by atoms with Crippen LogP contribution in [0.1, 0.15) is 71.2 Å². The Kier molecular flexibility index (Phi) is 6.85. The van der Waals surface area contributed by atoms with Gasteiger partial charge in [0.15, 0.2) is 11.2 Å². The highest BCUT2D eigenvalue weighted by atomic mass is 35.5. The van der Waals surface area contributed by atoms with Crippen LogP contribution in [0.3, 0.4) is 0 Å². The largest absolute Gasteiger partial charge is 0.494 e. The summed E-state index contributed by atoms with van der Waals surface area (Å²) in [4.78, 5) is 40.8. The van der Waals surface area contributed by atoms with Gasteiger partial charge in [0.2, 0.25) is 5.76 Å². The van der Waals surface area contributed by atoms with Gasteiger partial charge in [-0.15, -0.1) is 0 Å². The second-order valence-corrected chi connectivity index (χ2v) is 9.56. The molecule has 0 radical (unpaired) electrons. The molecule has 188 valence electrons. The highest BCUT2D eigenvalue weighted by Crippen LogP contribution is 2.41. The maximum atomic E-state index is 13.7. The quantitative estimate of drug-likeness (QED) is 0.187. The Morgan fingerprint density at radius 1 is 1.00 bits per heavy atom. The smallest absolute Gasteiger partial charge is 0.295 e. The van der Waals surface area contributed by atoms with Gasteiger partial charge in [0.1, 0.15) is 11.3 Å². The van der Waals surface area contributed by atoms with Crippen molar-refractivity contribution in [2.75, 3.05) is 11.5 Å². The lowest BCUT2D eigenvalue weighted by Crippen LogP contribution is -2.29. The van der Waals surface area contributed by atoms with E-state index in [1.54, 1.807) is 42.5 Å². The molecule has 7 heteroatoms. The van der Waals surface area contributed by atoms with E-state index in [-0.39, 0.29) is 22.5 Å². The van der Waals surface area contributed by atoms with Gasteiger partial charge in [0, 0.05) is 16.3 Å². The van der Waals surface area contributed by atoms with Gasteiger partial charge in [-0.3, -0.25) is 19.3 Å². The van der Waals surface area contributed by atoms with Crippen LogP contribution in [0.5, 0.6) is 5.75 Å². The van der Waals surface area contributed by atoms with Crippen LogP contribution in [-0.4, -0.2) is 18.3 Å². The molecule has 0 saturated carbocycles. The number of fused-ring (bicyclic) bond motifs is 2. The third-order valence-corrected chi connectivity index (χ3v) is 6.83. The summed E-state index contributed by atoms with van der Waals surface area (Å²) in [6.07, 6.45) is 3.19. The lowest BCUT2D eigenvalue weighted by atomic mass is 9.98. The molecule has 1 aromatic heterocycles. The van der Waals surface area contributed by atoms with Gasteiger partial charge < -0.3 is 9.15 Å². The van der Waals surface area contributed by atoms with Crippen molar-refractivity contribution in [1.82, 2.24) is 0 Å². The average Bonchev–Trinajstić information content (AvgIpc) is 3.20. The van der Waals surface area contributed by atoms with Crippen molar-refractivity contribution >= 4 is 39.9 Å². The van der Waals surface area contributed by atoms with E-state index >= 15 is 0 Å². The van der Waals surface area contributed by atoms with Gasteiger partial charge in [0.25, 0.3) is 5.91 Å². The number of benzene rings is 3. The number of hydrogen-bond donors (Lipinski definition) is 0. The molecule has 0 fully saturated rings. The molecule has 1 atom stereocenters. The monoisotopic (exact) mass is 515 g/mol. The van der Waals surface area contributed by atoms with Crippen molar-refractivity contribution in [2.45, 2.75) is 39.2 Å². The summed E-state index contributed by atoms with van der Waals surface area (Å²) >= 11 is 6.17. The Hall–Kier alpha value is -3.90. The molecule has 0 spiro atoms. The van der Waals surface area contributed by atoms with Crippen LogP contribution in [-0.2, 0) is 0 Å². The standard InChI is InChI=1S/C30H26ClNO5/c1-3-4-5-16-36-23-13-8-20(9-14-23)27-26-28(34)24-17-21(31)10-15-25(24)37-29(26)30(35)32(27)22-11-6-19(7-12-22)18(2)33/h6-15,17,27H,3-5,16H2,1-2H3. The van der Waals surface area contributed by atoms with Gasteiger partial charge in [-0.1, -0.05) is 43.5 Å². The lowest BCUT2D eigenvalue weighted by Gasteiger charge is -2.25. The minimum atomic E-state index is -0.723. The summed E-state index contributed by atoms with van der Waals surface area (Å²) < 4.78 is 11.8. The highest BCUT2D eigenvalue weighted by molar-refractivity contribution is 6.31. The Morgan fingerprint density at radius 3 is 2.41 bits per heavy atom. The molecule has 0 N–H and O–H groups in total. The number of Topliss-reactive ketones (excluding diaryl/α,β-unsaturated/α-hetero) is 1. The zero-order chi connectivity index (χ0) is 26.1. The zero-order valence-corrected chi connectivity index (χ0v) is 21.4. The molecule has 0 aliphatic carbocycles. The molecule has 6 nitrogen and oxygen atoms in total. The fourth-order valence-electron chi connectivity index (χ4n) is 4.67. The number of nitrogens with zero attached hydrogens (tertiary/aromatic N) is 1. The molecule has 1 aliphatic rings. The Bertz CT molecular complexity index is 1540. The summed E-state index contributed by atoms with van der Waals surface area (Å²) in [5.74, 6) is 0.220. The van der Waals surface area contributed by atoms with E-state index in [1.807, 2.05) is 24.3 Å². The molecule has 2 heterocycles. The van der Waals surface area contributed by atoms with Crippen molar-refractivity contribution in [3.05, 3.63) is 104 Å². The first-order chi connectivity index (χ1) is 17.9. The third-order valence-electron chi connectivity index (χ3n) is 6.60. The normalized spacial score (nSPS) is 14.7. The first-order valence-corrected chi connectivity index (χ1v) is 12.7. The number of ketones is 1. The Morgan fingerprint density at radius 2 is 1.73 bits per heavy atom. The average molecular weight is 516 g/mol. The first-order valence-electron chi connectivity index (χ1n) is 12.3. The van der Waals surface area contributed by atoms with Gasteiger partial charge in [-0.05, 0) is 73.5 Å². The van der Waals surface area contributed by atoms with E-state index in [1.165, 1.54) is 11.8 Å². The third kappa shape index (κ3) is 4.65. The number of unbranched alkanes of at least 4 members (excludes halogenated alkanes) is 2. The van der Waals surface area contributed by atoms with Gasteiger partial charge >= 0.3 is 0 Å². The molecule has 1 amide bonds. The number of rotatable bonds is 8. The minimum Gasteiger partial charge on any atom is -0.494 e. The number of carbonyl (C=O) groups is 2. The van der Waals surface area contributed by atoms with Gasteiger partial charge in [-0.2, -0.15) is 0 Å². The highest BCUT2D eigenvalue weighted by Gasteiger charge is 2.43. The Labute approximate surface area is 219 Å². The van der Waals surface area contributed by atoms with Crippen LogP contribution in [0.25, 0.3) is 11.0 Å². The molecule has 1 unspecified atom stereocenters. The number of hydrogen-bond acceptors (Lipinski definition) is 5. The predicted molar refractivity (Wildman–Crippen MR) is 144 cm³/mol. The van der Waals surface area contributed by atoms with Crippen molar-refractivity contribution in [1.29, 1.82) is 0 Å². The first kappa shape index (κ1) is 24.8. The van der Waals surface area contributed by atoms with E-state index < -0.39 is 11.9 Å². The van der Waals surface area contributed by atoms with Crippen LogP contribution in [0, 0.1) is 0 Å². The van der Waals surface area contributed by atoms with Crippen molar-refractivity contribution in [3.63, 3.8) is 0 Å². The van der Waals surface area contributed by atoms with Crippen molar-refractivity contribution in [3.8, 4) is 5.75 Å². The lowest BCUT2D eigenvalue weighted by molar-refractivity contribution is 0.0970. The maximum Gasteiger partial charge on any atom is 0.295 e. The predicted octanol–water partition coefficient (Wildman–Crippen LogP) is 6.97. The summed E-state index contributed by atoms with van der Waals surface area (Å²) in [6, 6.07) is 18.2.